The quantitative estimate of drug-likeness (QED) is 0.723. The number of thioether (sulfide) groups is 1. The molecular formula is C9H10O3S. The summed E-state index contributed by atoms with van der Waals surface area (Å²) in [5, 5.41) is 17.8. The minimum Gasteiger partial charge on any atom is -0.479 e. The monoisotopic (exact) mass is 198 g/mol. The van der Waals surface area contributed by atoms with E-state index in [1.54, 1.807) is 18.2 Å². The number of carbonyl (C=O) groups is 1. The SMILES string of the molecule is CSc1cccc([C@H](O)C(=O)O)c1. The van der Waals surface area contributed by atoms with E-state index in [0.29, 0.717) is 5.56 Å². The Labute approximate surface area is 80.4 Å². The number of hydrogen-bond donors (Lipinski definition) is 2. The average Bonchev–Trinajstić information content (AvgIpc) is 2.16. The van der Waals surface area contributed by atoms with Gasteiger partial charge in [0.05, 0.1) is 0 Å². The van der Waals surface area contributed by atoms with Gasteiger partial charge in [-0.2, -0.15) is 0 Å². The lowest BCUT2D eigenvalue weighted by Gasteiger charge is -2.06. The van der Waals surface area contributed by atoms with Crippen LogP contribution in [0.3, 0.4) is 0 Å². The van der Waals surface area contributed by atoms with Crippen molar-refractivity contribution in [1.29, 1.82) is 0 Å². The molecule has 0 fully saturated rings. The van der Waals surface area contributed by atoms with E-state index in [2.05, 4.69) is 0 Å². The summed E-state index contributed by atoms with van der Waals surface area (Å²) in [6.07, 6.45) is 0.471. The van der Waals surface area contributed by atoms with Crippen molar-refractivity contribution in [2.45, 2.75) is 11.0 Å². The molecule has 1 aromatic rings. The van der Waals surface area contributed by atoms with Gasteiger partial charge in [0.25, 0.3) is 0 Å². The van der Waals surface area contributed by atoms with Crippen LogP contribution in [-0.2, 0) is 4.79 Å². The molecule has 3 nitrogen and oxygen atoms in total. The van der Waals surface area contributed by atoms with Crippen LogP contribution in [0.4, 0.5) is 0 Å². The number of carboxylic acids is 1. The second-order valence-corrected chi connectivity index (χ2v) is 3.40. The molecule has 1 aromatic carbocycles. The van der Waals surface area contributed by atoms with Crippen LogP contribution in [0.5, 0.6) is 0 Å². The zero-order chi connectivity index (χ0) is 9.84. The van der Waals surface area contributed by atoms with Gasteiger partial charge < -0.3 is 10.2 Å². The Morgan fingerprint density at radius 2 is 2.23 bits per heavy atom. The molecule has 0 heterocycles. The largest absolute Gasteiger partial charge is 0.479 e. The molecule has 1 atom stereocenters. The van der Waals surface area contributed by atoms with E-state index in [1.165, 1.54) is 11.8 Å². The fraction of sp³-hybridized carbons (Fsp3) is 0.222. The summed E-state index contributed by atoms with van der Waals surface area (Å²) in [7, 11) is 0. The molecule has 0 unspecified atom stereocenters. The number of hydrogen-bond acceptors (Lipinski definition) is 3. The van der Waals surface area contributed by atoms with Gasteiger partial charge in [-0.1, -0.05) is 12.1 Å². The van der Waals surface area contributed by atoms with E-state index >= 15 is 0 Å². The maximum atomic E-state index is 10.4. The van der Waals surface area contributed by atoms with Gasteiger partial charge in [-0.05, 0) is 24.0 Å². The van der Waals surface area contributed by atoms with E-state index in [1.807, 2.05) is 12.3 Å². The highest BCUT2D eigenvalue weighted by atomic mass is 32.2. The first-order valence-electron chi connectivity index (χ1n) is 3.70. The lowest BCUT2D eigenvalue weighted by molar-refractivity contribution is -0.146. The van der Waals surface area contributed by atoms with E-state index in [4.69, 9.17) is 5.11 Å². The van der Waals surface area contributed by atoms with Crippen LogP contribution >= 0.6 is 11.8 Å². The third-order valence-corrected chi connectivity index (χ3v) is 2.37. The second-order valence-electron chi connectivity index (χ2n) is 2.52. The number of aliphatic carboxylic acids is 1. The van der Waals surface area contributed by atoms with Crippen molar-refractivity contribution >= 4 is 17.7 Å². The van der Waals surface area contributed by atoms with Gasteiger partial charge in [0.15, 0.2) is 6.10 Å². The highest BCUT2D eigenvalue weighted by molar-refractivity contribution is 7.98. The van der Waals surface area contributed by atoms with Crippen LogP contribution in [0, 0.1) is 0 Å². The smallest absolute Gasteiger partial charge is 0.337 e. The van der Waals surface area contributed by atoms with Gasteiger partial charge in [-0.25, -0.2) is 4.79 Å². The van der Waals surface area contributed by atoms with Gasteiger partial charge in [0.2, 0.25) is 0 Å². The fourth-order valence-electron chi connectivity index (χ4n) is 0.954. The summed E-state index contributed by atoms with van der Waals surface area (Å²) in [5.74, 6) is -1.22. The molecule has 0 radical (unpaired) electrons. The van der Waals surface area contributed by atoms with Crippen molar-refractivity contribution in [1.82, 2.24) is 0 Å². The Kier molecular flexibility index (Phi) is 3.33. The second kappa shape index (κ2) is 4.30. The zero-order valence-corrected chi connectivity index (χ0v) is 7.91. The van der Waals surface area contributed by atoms with Gasteiger partial charge in [0.1, 0.15) is 0 Å². The van der Waals surface area contributed by atoms with Crippen molar-refractivity contribution in [3.8, 4) is 0 Å². The van der Waals surface area contributed by atoms with Crippen LogP contribution in [0.25, 0.3) is 0 Å². The standard InChI is InChI=1S/C9H10O3S/c1-13-7-4-2-3-6(5-7)8(10)9(11)12/h2-5,8,10H,1H3,(H,11,12)/t8-/m0/s1. The molecule has 13 heavy (non-hydrogen) atoms. The van der Waals surface area contributed by atoms with Crippen molar-refractivity contribution in [3.05, 3.63) is 29.8 Å². The normalized spacial score (nSPS) is 12.5. The first kappa shape index (κ1) is 10.1. The first-order valence-corrected chi connectivity index (χ1v) is 4.92. The molecule has 4 heteroatoms. The highest BCUT2D eigenvalue weighted by Gasteiger charge is 2.15. The first-order chi connectivity index (χ1) is 6.15. The maximum absolute atomic E-state index is 10.4. The molecule has 0 spiro atoms. The van der Waals surface area contributed by atoms with Crippen LogP contribution in [0.2, 0.25) is 0 Å². The van der Waals surface area contributed by atoms with E-state index in [9.17, 15) is 9.90 Å². The third kappa shape index (κ3) is 2.47. The van der Waals surface area contributed by atoms with E-state index in [-0.39, 0.29) is 0 Å². The molecule has 0 aliphatic rings. The Balaban J connectivity index is 2.94. The van der Waals surface area contributed by atoms with Crippen molar-refractivity contribution in [3.63, 3.8) is 0 Å². The summed E-state index contributed by atoms with van der Waals surface area (Å²) in [6.45, 7) is 0. The van der Waals surface area contributed by atoms with E-state index < -0.39 is 12.1 Å². The summed E-state index contributed by atoms with van der Waals surface area (Å²) in [6, 6.07) is 6.86. The summed E-state index contributed by atoms with van der Waals surface area (Å²) < 4.78 is 0. The molecule has 0 amide bonds. The molecule has 1 rings (SSSR count). The maximum Gasteiger partial charge on any atom is 0.337 e. The molecule has 70 valence electrons. The number of carboxylic acid groups (broad SMARTS) is 1. The minimum atomic E-state index is -1.42. The van der Waals surface area contributed by atoms with Crippen molar-refractivity contribution in [2.24, 2.45) is 0 Å². The Morgan fingerprint density at radius 1 is 1.54 bits per heavy atom. The Hall–Kier alpha value is -1.00. The summed E-state index contributed by atoms with van der Waals surface area (Å²) >= 11 is 1.51. The average molecular weight is 198 g/mol. The van der Waals surface area contributed by atoms with E-state index in [0.717, 1.165) is 4.90 Å². The minimum absolute atomic E-state index is 0.416. The Bertz CT molecular complexity index is 311. The lowest BCUT2D eigenvalue weighted by atomic mass is 10.1. The molecule has 0 saturated heterocycles. The van der Waals surface area contributed by atoms with Gasteiger partial charge >= 0.3 is 5.97 Å². The molecule has 0 saturated carbocycles. The molecule has 0 aliphatic heterocycles. The number of benzene rings is 1. The van der Waals surface area contributed by atoms with Crippen molar-refractivity contribution in [2.75, 3.05) is 6.26 Å². The highest BCUT2D eigenvalue weighted by Crippen LogP contribution is 2.20. The van der Waals surface area contributed by atoms with Crippen molar-refractivity contribution < 1.29 is 15.0 Å². The summed E-state index contributed by atoms with van der Waals surface area (Å²) in [4.78, 5) is 11.4. The number of rotatable bonds is 3. The molecule has 2 N–H and O–H groups in total. The third-order valence-electron chi connectivity index (χ3n) is 1.64. The molecule has 0 aromatic heterocycles. The topological polar surface area (TPSA) is 57.5 Å². The predicted molar refractivity (Wildman–Crippen MR) is 50.8 cm³/mol. The van der Waals surface area contributed by atoms with Gasteiger partial charge in [0, 0.05) is 4.90 Å². The van der Waals surface area contributed by atoms with Gasteiger partial charge in [-0.3, -0.25) is 0 Å². The van der Waals surface area contributed by atoms with Crippen LogP contribution in [0.15, 0.2) is 29.2 Å². The van der Waals surface area contributed by atoms with Crippen LogP contribution < -0.4 is 0 Å². The zero-order valence-electron chi connectivity index (χ0n) is 7.10. The summed E-state index contributed by atoms with van der Waals surface area (Å²) in [5.41, 5.74) is 0.416. The Morgan fingerprint density at radius 3 is 2.77 bits per heavy atom. The van der Waals surface area contributed by atoms with Crippen LogP contribution in [-0.4, -0.2) is 22.4 Å². The van der Waals surface area contributed by atoms with Gasteiger partial charge in [-0.15, -0.1) is 11.8 Å². The lowest BCUT2D eigenvalue weighted by Crippen LogP contribution is -2.10. The number of aliphatic hydroxyl groups excluding tert-OH is 1. The predicted octanol–water partition coefficient (Wildman–Crippen LogP) is 1.53. The number of aliphatic hydroxyl groups is 1. The molecule has 0 bridgehead atoms. The fourth-order valence-corrected chi connectivity index (χ4v) is 1.42. The molecule has 0 aliphatic carbocycles. The van der Waals surface area contributed by atoms with Crippen LogP contribution in [0.1, 0.15) is 11.7 Å². The molecular weight excluding hydrogens is 188 g/mol.